The summed E-state index contributed by atoms with van der Waals surface area (Å²) in [4.78, 5) is 21.0. The molecule has 0 radical (unpaired) electrons. The van der Waals surface area contributed by atoms with Crippen molar-refractivity contribution in [3.8, 4) is 0 Å². The molecule has 1 N–H and O–H groups in total. The van der Waals surface area contributed by atoms with Gasteiger partial charge in [-0.05, 0) is 25.1 Å². The summed E-state index contributed by atoms with van der Waals surface area (Å²) < 4.78 is 37.2. The summed E-state index contributed by atoms with van der Waals surface area (Å²) in [6.45, 7) is 3.71. The summed E-state index contributed by atoms with van der Waals surface area (Å²) in [5.74, 6) is -0.146. The Kier molecular flexibility index (Phi) is 10.3. The maximum absolute atomic E-state index is 12.4. The zero-order valence-corrected chi connectivity index (χ0v) is 19.5. The number of guanidine groups is 1. The summed E-state index contributed by atoms with van der Waals surface area (Å²) in [6.07, 6.45) is -4.42. The van der Waals surface area contributed by atoms with Crippen LogP contribution in [0, 0.1) is 0 Å². The highest BCUT2D eigenvalue weighted by Gasteiger charge is 2.31. The quantitative estimate of drug-likeness (QED) is 0.350. The Morgan fingerprint density at radius 3 is 2.48 bits per heavy atom. The van der Waals surface area contributed by atoms with Crippen molar-refractivity contribution in [3.63, 3.8) is 0 Å². The molecule has 6 nitrogen and oxygen atoms in total. The number of likely N-dealkylation sites (N-methyl/N-ethyl adjacent to an activating group) is 1. The minimum absolute atomic E-state index is 0. The smallest absolute Gasteiger partial charge is 0.368 e. The van der Waals surface area contributed by atoms with Gasteiger partial charge < -0.3 is 20.0 Å². The Morgan fingerprint density at radius 1 is 1.28 bits per heavy atom. The molecule has 29 heavy (non-hydrogen) atoms. The Morgan fingerprint density at radius 2 is 1.93 bits per heavy atom. The van der Waals surface area contributed by atoms with Gasteiger partial charge >= 0.3 is 6.18 Å². The Labute approximate surface area is 191 Å². The third kappa shape index (κ3) is 8.45. The predicted octanol–water partition coefficient (Wildman–Crippen LogP) is 3.07. The monoisotopic (exact) mass is 547 g/mol. The number of nitrogens with zero attached hydrogens (tertiary/aromatic N) is 4. The number of alkyl halides is 3. The van der Waals surface area contributed by atoms with Gasteiger partial charge in [-0.25, -0.2) is 4.99 Å². The van der Waals surface area contributed by atoms with Gasteiger partial charge in [-0.3, -0.25) is 4.79 Å². The second kappa shape index (κ2) is 11.7. The summed E-state index contributed by atoms with van der Waals surface area (Å²) in [6, 6.07) is 7.63. The number of piperazine rings is 1. The van der Waals surface area contributed by atoms with Crippen molar-refractivity contribution in [1.82, 2.24) is 15.1 Å². The fourth-order valence-electron chi connectivity index (χ4n) is 2.90. The van der Waals surface area contributed by atoms with Crippen LogP contribution in [0.25, 0.3) is 0 Å². The third-order valence-electron chi connectivity index (χ3n) is 4.29. The Bertz CT molecular complexity index is 696. The van der Waals surface area contributed by atoms with Gasteiger partial charge in [-0.1, -0.05) is 17.7 Å². The number of carbonyl (C=O) groups is 1. The zero-order chi connectivity index (χ0) is 20.7. The van der Waals surface area contributed by atoms with E-state index in [1.165, 1.54) is 0 Å². The number of hydrogen-bond acceptors (Lipinski definition) is 3. The molecule has 0 atom stereocenters. The molecule has 164 valence electrons. The van der Waals surface area contributed by atoms with Crippen molar-refractivity contribution >= 4 is 53.1 Å². The van der Waals surface area contributed by atoms with Crippen molar-refractivity contribution in [2.24, 2.45) is 4.99 Å². The van der Waals surface area contributed by atoms with Crippen LogP contribution in [0.5, 0.6) is 0 Å². The highest BCUT2D eigenvalue weighted by atomic mass is 127. The molecule has 1 aliphatic heterocycles. The van der Waals surface area contributed by atoms with Gasteiger partial charge in [-0.15, -0.1) is 24.0 Å². The second-order valence-corrected chi connectivity index (χ2v) is 6.93. The van der Waals surface area contributed by atoms with Gasteiger partial charge in [0.05, 0.1) is 0 Å². The van der Waals surface area contributed by atoms with E-state index in [1.807, 2.05) is 36.1 Å². The van der Waals surface area contributed by atoms with Crippen molar-refractivity contribution < 1.29 is 18.0 Å². The van der Waals surface area contributed by atoms with E-state index >= 15 is 0 Å². The van der Waals surface area contributed by atoms with Crippen molar-refractivity contribution in [1.29, 1.82) is 0 Å². The number of anilines is 1. The number of carbonyl (C=O) groups excluding carboxylic acids is 1. The van der Waals surface area contributed by atoms with Crippen molar-refractivity contribution in [2.45, 2.75) is 13.1 Å². The standard InChI is InChI=1S/C18H25ClF3N5O.HI/c1-3-23-17(24-12-16(28)25(2)13-18(20,21)22)27-9-7-26(8-10-27)15-6-4-5-14(19)11-15;/h4-6,11H,3,7-10,12-13H2,1-2H3,(H,23,24);1H. The fourth-order valence-corrected chi connectivity index (χ4v) is 3.08. The molecule has 1 heterocycles. The van der Waals surface area contributed by atoms with E-state index in [0.29, 0.717) is 35.5 Å². The lowest BCUT2D eigenvalue weighted by molar-refractivity contribution is -0.157. The number of aliphatic imine (C=N–C) groups is 1. The van der Waals surface area contributed by atoms with E-state index in [0.717, 1.165) is 25.8 Å². The topological polar surface area (TPSA) is 51.2 Å². The van der Waals surface area contributed by atoms with Crippen LogP contribution in [-0.4, -0.2) is 80.7 Å². The minimum atomic E-state index is -4.42. The molecular formula is C18H26ClF3IN5O. The molecule has 1 amide bonds. The van der Waals surface area contributed by atoms with Crippen LogP contribution in [0.15, 0.2) is 29.3 Å². The molecule has 1 saturated heterocycles. The van der Waals surface area contributed by atoms with Gasteiger partial charge in [-0.2, -0.15) is 13.2 Å². The molecule has 0 spiro atoms. The maximum atomic E-state index is 12.4. The van der Waals surface area contributed by atoms with Gasteiger partial charge in [0.1, 0.15) is 13.1 Å². The molecule has 1 aliphatic rings. The molecule has 1 aromatic rings. The molecule has 1 aromatic carbocycles. The molecule has 1 fully saturated rings. The largest absolute Gasteiger partial charge is 0.406 e. The molecule has 0 aliphatic carbocycles. The lowest BCUT2D eigenvalue weighted by Crippen LogP contribution is -2.52. The Balaban J connectivity index is 0.00000420. The van der Waals surface area contributed by atoms with Crippen LogP contribution in [0.3, 0.4) is 0 Å². The molecule has 0 aromatic heterocycles. The summed E-state index contributed by atoms with van der Waals surface area (Å²) in [7, 11) is 1.13. The van der Waals surface area contributed by atoms with E-state index in [-0.39, 0.29) is 30.5 Å². The number of rotatable bonds is 5. The van der Waals surface area contributed by atoms with Gasteiger partial charge in [0, 0.05) is 50.5 Å². The van der Waals surface area contributed by atoms with Crippen molar-refractivity contribution in [2.75, 3.05) is 57.8 Å². The van der Waals surface area contributed by atoms with E-state index in [1.54, 1.807) is 0 Å². The van der Waals surface area contributed by atoms with Crippen LogP contribution >= 0.6 is 35.6 Å². The van der Waals surface area contributed by atoms with Crippen LogP contribution < -0.4 is 10.2 Å². The Hall–Kier alpha value is -1.43. The van der Waals surface area contributed by atoms with Crippen LogP contribution in [0.1, 0.15) is 6.92 Å². The minimum Gasteiger partial charge on any atom is -0.368 e. The lowest BCUT2D eigenvalue weighted by Gasteiger charge is -2.37. The third-order valence-corrected chi connectivity index (χ3v) is 4.53. The first-order valence-electron chi connectivity index (χ1n) is 9.04. The molecule has 0 saturated carbocycles. The van der Waals surface area contributed by atoms with Crippen LogP contribution in [-0.2, 0) is 4.79 Å². The maximum Gasteiger partial charge on any atom is 0.406 e. The van der Waals surface area contributed by atoms with Gasteiger partial charge in [0.25, 0.3) is 0 Å². The molecule has 2 rings (SSSR count). The molecule has 0 unspecified atom stereocenters. The average Bonchev–Trinajstić information content (AvgIpc) is 2.63. The highest BCUT2D eigenvalue weighted by Crippen LogP contribution is 2.21. The summed E-state index contributed by atoms with van der Waals surface area (Å²) >= 11 is 6.05. The van der Waals surface area contributed by atoms with Crippen LogP contribution in [0.2, 0.25) is 5.02 Å². The number of nitrogens with one attached hydrogen (secondary N) is 1. The molecule has 0 bridgehead atoms. The van der Waals surface area contributed by atoms with E-state index < -0.39 is 18.6 Å². The second-order valence-electron chi connectivity index (χ2n) is 6.49. The highest BCUT2D eigenvalue weighted by molar-refractivity contribution is 14.0. The van der Waals surface area contributed by atoms with Crippen molar-refractivity contribution in [3.05, 3.63) is 29.3 Å². The molecule has 11 heteroatoms. The summed E-state index contributed by atoms with van der Waals surface area (Å²) in [5.41, 5.74) is 1.04. The first kappa shape index (κ1) is 25.6. The normalized spacial score (nSPS) is 15.0. The van der Waals surface area contributed by atoms with Gasteiger partial charge in [0.2, 0.25) is 5.91 Å². The zero-order valence-electron chi connectivity index (χ0n) is 16.4. The number of halogens is 5. The number of benzene rings is 1. The first-order valence-corrected chi connectivity index (χ1v) is 9.42. The lowest BCUT2D eigenvalue weighted by atomic mass is 10.2. The van der Waals surface area contributed by atoms with E-state index in [9.17, 15) is 18.0 Å². The van der Waals surface area contributed by atoms with E-state index in [4.69, 9.17) is 11.6 Å². The summed E-state index contributed by atoms with van der Waals surface area (Å²) in [5, 5.41) is 3.78. The van der Waals surface area contributed by atoms with Gasteiger partial charge in [0.15, 0.2) is 5.96 Å². The predicted molar refractivity (Wildman–Crippen MR) is 120 cm³/mol. The number of hydrogen-bond donors (Lipinski definition) is 1. The SMILES string of the molecule is CCNC(=NCC(=O)N(C)CC(F)(F)F)N1CCN(c2cccc(Cl)c2)CC1.I. The average molecular weight is 548 g/mol. The first-order chi connectivity index (χ1) is 13.2. The molecular weight excluding hydrogens is 522 g/mol. The fraction of sp³-hybridized carbons (Fsp3) is 0.556. The number of amides is 1. The van der Waals surface area contributed by atoms with Crippen LogP contribution in [0.4, 0.5) is 18.9 Å². The van der Waals surface area contributed by atoms with E-state index in [2.05, 4.69) is 15.2 Å².